The maximum Gasteiger partial charge on any atom is 0.349 e. The minimum absolute atomic E-state index is 0.131. The minimum Gasteiger partial charge on any atom is -0.490 e. The van der Waals surface area contributed by atoms with E-state index in [9.17, 15) is 9.59 Å². The van der Waals surface area contributed by atoms with E-state index in [0.29, 0.717) is 26.9 Å². The van der Waals surface area contributed by atoms with E-state index < -0.39 is 11.9 Å². The molecule has 0 aliphatic rings. The van der Waals surface area contributed by atoms with Gasteiger partial charge in [0.05, 0.1) is 22.2 Å². The molecule has 0 saturated carbocycles. The van der Waals surface area contributed by atoms with E-state index in [2.05, 4.69) is 31.9 Å². The van der Waals surface area contributed by atoms with E-state index in [1.54, 1.807) is 10.8 Å². The van der Waals surface area contributed by atoms with Gasteiger partial charge in [0.1, 0.15) is 0 Å². The van der Waals surface area contributed by atoms with Gasteiger partial charge >= 0.3 is 11.9 Å². The molecule has 10 heteroatoms. The van der Waals surface area contributed by atoms with Crippen molar-refractivity contribution in [2.45, 2.75) is 20.3 Å². The molecule has 0 atom stereocenters. The lowest BCUT2D eigenvalue weighted by Gasteiger charge is -2.08. The number of halogens is 2. The summed E-state index contributed by atoms with van der Waals surface area (Å²) in [7, 11) is 0. The zero-order valence-corrected chi connectivity index (χ0v) is 18.2. The molecule has 0 aromatic carbocycles. The number of ether oxygens (including phenoxy) is 2. The van der Waals surface area contributed by atoms with Crippen LogP contribution >= 0.6 is 54.5 Å². The van der Waals surface area contributed by atoms with Crippen LogP contribution in [0, 0.1) is 0 Å². The number of thiophene rings is 2. The van der Waals surface area contributed by atoms with Crippen LogP contribution in [0.4, 0.5) is 0 Å². The molecule has 138 valence electrons. The summed E-state index contributed by atoms with van der Waals surface area (Å²) in [4.78, 5) is 22.3. The molecule has 0 bridgehead atoms. The SMILES string of the molecule is CC.O=C(O)c1scc(Br)c1OCCCOc1c(Br)csc1C(=O)O. The van der Waals surface area contributed by atoms with Gasteiger partial charge in [0.15, 0.2) is 21.3 Å². The highest BCUT2D eigenvalue weighted by atomic mass is 79.9. The molecule has 0 radical (unpaired) electrons. The van der Waals surface area contributed by atoms with Crippen molar-refractivity contribution in [2.24, 2.45) is 0 Å². The fourth-order valence-electron chi connectivity index (χ4n) is 1.62. The van der Waals surface area contributed by atoms with Crippen LogP contribution in [-0.4, -0.2) is 35.4 Å². The molecule has 2 aromatic rings. The largest absolute Gasteiger partial charge is 0.490 e. The Kier molecular flexibility index (Phi) is 9.47. The van der Waals surface area contributed by atoms with Crippen molar-refractivity contribution < 1.29 is 29.3 Å². The first kappa shape index (κ1) is 21.9. The molecular formula is C15H16Br2O6S2. The van der Waals surface area contributed by atoms with Gasteiger partial charge in [0.2, 0.25) is 0 Å². The van der Waals surface area contributed by atoms with E-state index in [1.807, 2.05) is 13.8 Å². The Labute approximate surface area is 169 Å². The fourth-order valence-corrected chi connectivity index (χ4v) is 4.48. The van der Waals surface area contributed by atoms with Gasteiger partial charge < -0.3 is 19.7 Å². The van der Waals surface area contributed by atoms with Gasteiger partial charge in [-0.3, -0.25) is 0 Å². The van der Waals surface area contributed by atoms with Gasteiger partial charge in [-0.15, -0.1) is 22.7 Å². The Bertz CT molecular complexity index is 665. The zero-order chi connectivity index (χ0) is 19.0. The highest BCUT2D eigenvalue weighted by Crippen LogP contribution is 2.36. The average Bonchev–Trinajstić information content (AvgIpc) is 3.13. The van der Waals surface area contributed by atoms with E-state index in [0.717, 1.165) is 22.7 Å². The molecule has 0 amide bonds. The second-order valence-corrected chi connectivity index (χ2v) is 7.61. The van der Waals surface area contributed by atoms with Crippen molar-refractivity contribution in [2.75, 3.05) is 13.2 Å². The first-order chi connectivity index (χ1) is 11.9. The van der Waals surface area contributed by atoms with Crippen LogP contribution in [0.1, 0.15) is 39.6 Å². The molecule has 2 rings (SSSR count). The predicted octanol–water partition coefficient (Wildman–Crippen LogP) is 5.61. The number of rotatable bonds is 8. The summed E-state index contributed by atoms with van der Waals surface area (Å²) in [6, 6.07) is 0. The average molecular weight is 516 g/mol. The number of hydrogen-bond acceptors (Lipinski definition) is 6. The number of aromatic carboxylic acids is 2. The summed E-state index contributed by atoms with van der Waals surface area (Å²) in [5, 5.41) is 21.4. The number of carboxylic acid groups (broad SMARTS) is 2. The molecule has 2 heterocycles. The Hall–Kier alpha value is -1.10. The zero-order valence-electron chi connectivity index (χ0n) is 13.4. The van der Waals surface area contributed by atoms with Gasteiger partial charge in [-0.1, -0.05) is 13.8 Å². The molecule has 0 fully saturated rings. The van der Waals surface area contributed by atoms with Gasteiger partial charge in [0.25, 0.3) is 0 Å². The lowest BCUT2D eigenvalue weighted by atomic mass is 10.4. The van der Waals surface area contributed by atoms with Gasteiger partial charge in [-0.05, 0) is 31.9 Å². The van der Waals surface area contributed by atoms with Crippen molar-refractivity contribution in [3.63, 3.8) is 0 Å². The molecular weight excluding hydrogens is 500 g/mol. The highest BCUT2D eigenvalue weighted by Gasteiger charge is 2.19. The third-order valence-electron chi connectivity index (χ3n) is 2.58. The van der Waals surface area contributed by atoms with Crippen LogP contribution in [0.3, 0.4) is 0 Å². The lowest BCUT2D eigenvalue weighted by molar-refractivity contribution is 0.0687. The summed E-state index contributed by atoms with van der Waals surface area (Å²) in [5.41, 5.74) is 0. The predicted molar refractivity (Wildman–Crippen MR) is 105 cm³/mol. The summed E-state index contributed by atoms with van der Waals surface area (Å²) in [6.45, 7) is 4.50. The molecule has 0 aliphatic heterocycles. The summed E-state index contributed by atoms with van der Waals surface area (Å²) in [6.07, 6.45) is 0.475. The van der Waals surface area contributed by atoms with Crippen LogP contribution in [0.15, 0.2) is 19.7 Å². The molecule has 0 unspecified atom stereocenters. The third kappa shape index (κ3) is 5.98. The molecule has 0 spiro atoms. The number of carbonyl (C=O) groups is 2. The molecule has 25 heavy (non-hydrogen) atoms. The standard InChI is InChI=1S/C13H10Br2O6S2.C2H6/c14-6-4-22-10(12(16)17)8(6)20-2-1-3-21-9-7(15)5-23-11(9)13(18)19;1-2/h4-5H,1-3H2,(H,16,17)(H,18,19);1-2H3. The van der Waals surface area contributed by atoms with Crippen molar-refractivity contribution in [1.29, 1.82) is 0 Å². The normalized spacial score (nSPS) is 9.92. The van der Waals surface area contributed by atoms with Crippen molar-refractivity contribution in [1.82, 2.24) is 0 Å². The van der Waals surface area contributed by atoms with Crippen LogP contribution in [0.2, 0.25) is 0 Å². The quantitative estimate of drug-likeness (QED) is 0.444. The van der Waals surface area contributed by atoms with E-state index in [1.165, 1.54) is 0 Å². The van der Waals surface area contributed by atoms with Crippen molar-refractivity contribution in [3.8, 4) is 11.5 Å². The molecule has 2 N–H and O–H groups in total. The maximum atomic E-state index is 11.0. The summed E-state index contributed by atoms with van der Waals surface area (Å²) >= 11 is 8.64. The third-order valence-corrected chi connectivity index (χ3v) is 6.26. The van der Waals surface area contributed by atoms with E-state index in [4.69, 9.17) is 19.7 Å². The maximum absolute atomic E-state index is 11.0. The van der Waals surface area contributed by atoms with Crippen LogP contribution in [-0.2, 0) is 0 Å². The molecule has 2 aromatic heterocycles. The van der Waals surface area contributed by atoms with E-state index >= 15 is 0 Å². The van der Waals surface area contributed by atoms with Crippen LogP contribution in [0.5, 0.6) is 11.5 Å². The number of hydrogen-bond donors (Lipinski definition) is 2. The fraction of sp³-hybridized carbons (Fsp3) is 0.333. The second-order valence-electron chi connectivity index (χ2n) is 4.14. The molecule has 0 aliphatic carbocycles. The highest BCUT2D eigenvalue weighted by molar-refractivity contribution is 9.11. The van der Waals surface area contributed by atoms with Gasteiger partial charge in [0, 0.05) is 17.2 Å². The molecule has 0 saturated heterocycles. The van der Waals surface area contributed by atoms with Crippen molar-refractivity contribution in [3.05, 3.63) is 29.5 Å². The van der Waals surface area contributed by atoms with Crippen molar-refractivity contribution >= 4 is 66.5 Å². The first-order valence-corrected chi connectivity index (χ1v) is 10.5. The minimum atomic E-state index is -1.04. The monoisotopic (exact) mass is 514 g/mol. The summed E-state index contributed by atoms with van der Waals surface area (Å²) < 4.78 is 12.1. The lowest BCUT2D eigenvalue weighted by Crippen LogP contribution is -2.08. The van der Waals surface area contributed by atoms with Gasteiger partial charge in [-0.2, -0.15) is 0 Å². The Morgan fingerprint density at radius 3 is 1.60 bits per heavy atom. The Morgan fingerprint density at radius 2 is 1.28 bits per heavy atom. The number of carboxylic acids is 2. The smallest absolute Gasteiger partial charge is 0.349 e. The topological polar surface area (TPSA) is 93.1 Å². The first-order valence-electron chi connectivity index (χ1n) is 7.18. The Morgan fingerprint density at radius 1 is 0.920 bits per heavy atom. The molecule has 6 nitrogen and oxygen atoms in total. The Balaban J connectivity index is 0.00000151. The second kappa shape index (κ2) is 10.8. The van der Waals surface area contributed by atoms with Crippen LogP contribution < -0.4 is 9.47 Å². The van der Waals surface area contributed by atoms with Crippen LogP contribution in [0.25, 0.3) is 0 Å². The summed E-state index contributed by atoms with van der Waals surface area (Å²) in [5.74, 6) is -1.49. The van der Waals surface area contributed by atoms with Gasteiger partial charge in [-0.25, -0.2) is 9.59 Å². The van der Waals surface area contributed by atoms with E-state index in [-0.39, 0.29) is 23.0 Å².